The van der Waals surface area contributed by atoms with Crippen molar-refractivity contribution < 1.29 is 9.47 Å². The first kappa shape index (κ1) is 12.4. The van der Waals surface area contributed by atoms with Crippen LogP contribution in [0.25, 0.3) is 0 Å². The number of ether oxygens (including phenoxy) is 2. The molecule has 0 spiro atoms. The van der Waals surface area contributed by atoms with Gasteiger partial charge in [-0.1, -0.05) is 0 Å². The van der Waals surface area contributed by atoms with E-state index < -0.39 is 0 Å². The number of terminal acetylenes is 1. The van der Waals surface area contributed by atoms with E-state index in [1.165, 1.54) is 0 Å². The third-order valence-electron chi connectivity index (χ3n) is 2.12. The fraction of sp³-hybridized carbons (Fsp3) is 0.429. The van der Waals surface area contributed by atoms with Crippen molar-refractivity contribution in [3.05, 3.63) is 24.3 Å². The molecule has 0 bridgehead atoms. The zero-order valence-corrected chi connectivity index (χ0v) is 9.74. The van der Waals surface area contributed by atoms with Crippen LogP contribution >= 0.6 is 0 Å². The smallest absolute Gasteiger partial charge is 0.119 e. The molecule has 0 atom stereocenters. The van der Waals surface area contributed by atoms with Gasteiger partial charge < -0.3 is 9.47 Å². The maximum Gasteiger partial charge on any atom is 0.119 e. The topological polar surface area (TPSA) is 18.5 Å². The van der Waals surface area contributed by atoms with Gasteiger partial charge in [-0.05, 0) is 44.0 Å². The molecule has 16 heavy (non-hydrogen) atoms. The summed E-state index contributed by atoms with van der Waals surface area (Å²) >= 11 is 0. The number of unbranched alkanes of at least 4 members (excludes halogenated alkanes) is 2. The van der Waals surface area contributed by atoms with Gasteiger partial charge in [-0.15, -0.1) is 12.3 Å². The van der Waals surface area contributed by atoms with E-state index in [4.69, 9.17) is 15.9 Å². The van der Waals surface area contributed by atoms with Crippen LogP contribution in [0.1, 0.15) is 26.2 Å². The predicted octanol–water partition coefficient (Wildman–Crippen LogP) is 3.27. The minimum Gasteiger partial charge on any atom is -0.494 e. The van der Waals surface area contributed by atoms with Gasteiger partial charge in [0.25, 0.3) is 0 Å². The Balaban J connectivity index is 2.24. The van der Waals surface area contributed by atoms with Crippen molar-refractivity contribution >= 4 is 0 Å². The molecule has 1 aromatic rings. The largest absolute Gasteiger partial charge is 0.494 e. The van der Waals surface area contributed by atoms with Gasteiger partial charge in [0.1, 0.15) is 11.5 Å². The van der Waals surface area contributed by atoms with E-state index in [1.54, 1.807) is 0 Å². The van der Waals surface area contributed by atoms with Crippen molar-refractivity contribution in [2.24, 2.45) is 0 Å². The lowest BCUT2D eigenvalue weighted by Crippen LogP contribution is -1.97. The third kappa shape index (κ3) is 4.75. The summed E-state index contributed by atoms with van der Waals surface area (Å²) in [5, 5.41) is 0. The van der Waals surface area contributed by atoms with Crippen molar-refractivity contribution in [1.29, 1.82) is 0 Å². The van der Waals surface area contributed by atoms with Crippen LogP contribution in [-0.4, -0.2) is 13.2 Å². The van der Waals surface area contributed by atoms with Crippen molar-refractivity contribution in [2.45, 2.75) is 26.2 Å². The Morgan fingerprint density at radius 1 is 1.06 bits per heavy atom. The van der Waals surface area contributed by atoms with Gasteiger partial charge in [0, 0.05) is 6.42 Å². The Labute approximate surface area is 97.6 Å². The quantitative estimate of drug-likeness (QED) is 0.516. The lowest BCUT2D eigenvalue weighted by Gasteiger charge is -2.07. The van der Waals surface area contributed by atoms with Crippen LogP contribution in [0.2, 0.25) is 0 Å². The first-order chi connectivity index (χ1) is 7.86. The number of hydrogen-bond donors (Lipinski definition) is 0. The summed E-state index contributed by atoms with van der Waals surface area (Å²) in [6.07, 6.45) is 8.01. The van der Waals surface area contributed by atoms with E-state index in [9.17, 15) is 0 Å². The molecular weight excluding hydrogens is 200 g/mol. The summed E-state index contributed by atoms with van der Waals surface area (Å²) in [5.41, 5.74) is 0. The zero-order chi connectivity index (χ0) is 11.6. The van der Waals surface area contributed by atoms with Crippen molar-refractivity contribution in [2.75, 3.05) is 13.2 Å². The molecule has 0 saturated carbocycles. The van der Waals surface area contributed by atoms with Gasteiger partial charge >= 0.3 is 0 Å². The Morgan fingerprint density at radius 3 is 2.25 bits per heavy atom. The van der Waals surface area contributed by atoms with Crippen molar-refractivity contribution in [3.8, 4) is 23.8 Å². The molecule has 0 saturated heterocycles. The number of hydrogen-bond acceptors (Lipinski definition) is 2. The van der Waals surface area contributed by atoms with Crippen LogP contribution in [0.5, 0.6) is 11.5 Å². The summed E-state index contributed by atoms with van der Waals surface area (Å²) < 4.78 is 10.9. The molecule has 86 valence electrons. The Bertz CT molecular complexity index is 322. The van der Waals surface area contributed by atoms with Gasteiger partial charge in [-0.2, -0.15) is 0 Å². The molecule has 0 aliphatic heterocycles. The molecule has 0 aliphatic carbocycles. The molecule has 0 aliphatic rings. The molecule has 0 heterocycles. The molecule has 0 aromatic heterocycles. The first-order valence-electron chi connectivity index (χ1n) is 5.66. The average Bonchev–Trinajstić information content (AvgIpc) is 2.31. The third-order valence-corrected chi connectivity index (χ3v) is 2.12. The van der Waals surface area contributed by atoms with E-state index in [2.05, 4.69) is 5.92 Å². The molecule has 2 heteroatoms. The monoisotopic (exact) mass is 218 g/mol. The van der Waals surface area contributed by atoms with E-state index in [-0.39, 0.29) is 0 Å². The van der Waals surface area contributed by atoms with Gasteiger partial charge in [0.05, 0.1) is 13.2 Å². The van der Waals surface area contributed by atoms with Crippen LogP contribution in [0.3, 0.4) is 0 Å². The summed E-state index contributed by atoms with van der Waals surface area (Å²) in [6.45, 7) is 3.37. The molecule has 2 nitrogen and oxygen atoms in total. The average molecular weight is 218 g/mol. The van der Waals surface area contributed by atoms with E-state index in [0.29, 0.717) is 6.61 Å². The van der Waals surface area contributed by atoms with Crippen molar-refractivity contribution in [1.82, 2.24) is 0 Å². The summed E-state index contributed by atoms with van der Waals surface area (Å²) in [4.78, 5) is 0. The molecule has 1 rings (SSSR count). The minimum absolute atomic E-state index is 0.687. The maximum atomic E-state index is 5.56. The van der Waals surface area contributed by atoms with Crippen LogP contribution in [0.4, 0.5) is 0 Å². The van der Waals surface area contributed by atoms with Crippen LogP contribution in [0.15, 0.2) is 24.3 Å². The lowest BCUT2D eigenvalue weighted by molar-refractivity contribution is 0.305. The molecule has 1 aromatic carbocycles. The SMILES string of the molecule is C#CCCCCOc1ccc(OCC)cc1. The van der Waals surface area contributed by atoms with E-state index in [1.807, 2.05) is 31.2 Å². The van der Waals surface area contributed by atoms with Gasteiger partial charge in [-0.25, -0.2) is 0 Å². The minimum atomic E-state index is 0.687. The molecule has 0 radical (unpaired) electrons. The Kier molecular flexibility index (Phi) is 5.95. The predicted molar refractivity (Wildman–Crippen MR) is 65.8 cm³/mol. The van der Waals surface area contributed by atoms with Gasteiger partial charge in [-0.3, -0.25) is 0 Å². The summed E-state index contributed by atoms with van der Waals surface area (Å²) in [7, 11) is 0. The van der Waals surface area contributed by atoms with Crippen molar-refractivity contribution in [3.63, 3.8) is 0 Å². The summed E-state index contributed by atoms with van der Waals surface area (Å²) in [6, 6.07) is 7.68. The summed E-state index contributed by atoms with van der Waals surface area (Å²) in [5.74, 6) is 4.37. The second-order valence-corrected chi connectivity index (χ2v) is 3.41. The highest BCUT2D eigenvalue weighted by Gasteiger charge is 1.95. The van der Waals surface area contributed by atoms with Crippen LogP contribution < -0.4 is 9.47 Å². The Hall–Kier alpha value is -1.62. The second-order valence-electron chi connectivity index (χ2n) is 3.41. The zero-order valence-electron chi connectivity index (χ0n) is 9.74. The number of rotatable bonds is 7. The highest BCUT2D eigenvalue weighted by Crippen LogP contribution is 2.17. The fourth-order valence-corrected chi connectivity index (χ4v) is 1.32. The molecule has 0 amide bonds. The first-order valence-corrected chi connectivity index (χ1v) is 5.66. The molecule has 0 N–H and O–H groups in total. The second kappa shape index (κ2) is 7.64. The Morgan fingerprint density at radius 2 is 1.69 bits per heavy atom. The van der Waals surface area contributed by atoms with Crippen LogP contribution in [-0.2, 0) is 0 Å². The van der Waals surface area contributed by atoms with Gasteiger partial charge in [0.2, 0.25) is 0 Å². The standard InChI is InChI=1S/C14H18O2/c1-3-5-6-7-12-16-14-10-8-13(9-11-14)15-4-2/h1,8-11H,4-7,12H2,2H3. The van der Waals surface area contributed by atoms with Crippen LogP contribution in [0, 0.1) is 12.3 Å². The fourth-order valence-electron chi connectivity index (χ4n) is 1.32. The number of benzene rings is 1. The van der Waals surface area contributed by atoms with Gasteiger partial charge in [0.15, 0.2) is 0 Å². The highest BCUT2D eigenvalue weighted by atomic mass is 16.5. The van der Waals surface area contributed by atoms with E-state index >= 15 is 0 Å². The maximum absolute atomic E-state index is 5.56. The van der Waals surface area contributed by atoms with E-state index in [0.717, 1.165) is 37.4 Å². The molecular formula is C14H18O2. The highest BCUT2D eigenvalue weighted by molar-refractivity contribution is 5.31. The lowest BCUT2D eigenvalue weighted by atomic mass is 10.2. The molecule has 0 fully saturated rings. The molecule has 0 unspecified atom stereocenters. The normalized spacial score (nSPS) is 9.50.